The van der Waals surface area contributed by atoms with Crippen molar-refractivity contribution in [3.05, 3.63) is 12.2 Å². The number of carbonyl (C=O) groups excluding carboxylic acids is 3. The molecule has 35 heavy (non-hydrogen) atoms. The molecule has 0 bridgehead atoms. The van der Waals surface area contributed by atoms with Gasteiger partial charge in [-0.15, -0.1) is 0 Å². The monoisotopic (exact) mass is 511 g/mol. The summed E-state index contributed by atoms with van der Waals surface area (Å²) in [6, 6.07) is -1.22. The Labute approximate surface area is 209 Å². The van der Waals surface area contributed by atoms with Gasteiger partial charge in [0.15, 0.2) is 5.78 Å². The zero-order valence-electron chi connectivity index (χ0n) is 21.8. The maximum atomic E-state index is 14.0. The van der Waals surface area contributed by atoms with Crippen LogP contribution in [-0.2, 0) is 29.1 Å². The third-order valence-electron chi connectivity index (χ3n) is 8.60. The second-order valence-electron chi connectivity index (χ2n) is 11.2. The molecule has 0 unspecified atom stereocenters. The predicted molar refractivity (Wildman–Crippen MR) is 133 cm³/mol. The number of rotatable bonds is 4. The number of allylic oxidation sites excluding steroid dienone is 2. The number of methoxy groups -OCH3 is 1. The average Bonchev–Trinajstić information content (AvgIpc) is 3.40. The van der Waals surface area contributed by atoms with Gasteiger partial charge in [-0.05, 0) is 45.6 Å². The van der Waals surface area contributed by atoms with Crippen LogP contribution in [0, 0.1) is 16.7 Å². The van der Waals surface area contributed by atoms with Gasteiger partial charge < -0.3 is 15.0 Å². The number of likely N-dealkylation sites (N-methyl/N-ethyl adjacent to an activating group) is 1. The van der Waals surface area contributed by atoms with Crippen molar-refractivity contribution >= 4 is 27.6 Å². The van der Waals surface area contributed by atoms with E-state index < -0.39 is 44.4 Å². The number of amides is 2. The highest BCUT2D eigenvalue weighted by Gasteiger charge is 2.65. The third-order valence-corrected chi connectivity index (χ3v) is 9.16. The molecule has 1 aliphatic carbocycles. The van der Waals surface area contributed by atoms with E-state index in [4.69, 9.17) is 4.74 Å². The van der Waals surface area contributed by atoms with Crippen molar-refractivity contribution in [1.82, 2.24) is 14.9 Å². The van der Waals surface area contributed by atoms with Gasteiger partial charge in [-0.1, -0.05) is 38.8 Å². The van der Waals surface area contributed by atoms with Crippen molar-refractivity contribution < 1.29 is 27.5 Å². The first-order valence-electron chi connectivity index (χ1n) is 12.5. The summed E-state index contributed by atoms with van der Waals surface area (Å²) < 4.78 is 31.6. The summed E-state index contributed by atoms with van der Waals surface area (Å²) in [5.74, 6) is -1.25. The smallest absolute Gasteiger partial charge is 0.240 e. The maximum Gasteiger partial charge on any atom is 0.240 e. The highest BCUT2D eigenvalue weighted by molar-refractivity contribution is 7.89. The van der Waals surface area contributed by atoms with Gasteiger partial charge in [0, 0.05) is 18.9 Å². The fourth-order valence-electron chi connectivity index (χ4n) is 5.86. The SMILES string of the molecule is CN[C@H]1CCCCC/C=C\[C@@H]2C[C@@]2(C(=O)NS(C)(=O)=O)CC(=O)[C@H]2N(C[C@](C)(OC)C2(C)C)C1=O. The van der Waals surface area contributed by atoms with Crippen LogP contribution in [0.2, 0.25) is 0 Å². The van der Waals surface area contributed by atoms with Gasteiger partial charge >= 0.3 is 0 Å². The number of nitrogens with one attached hydrogen (secondary N) is 2. The molecular weight excluding hydrogens is 470 g/mol. The number of nitrogens with zero attached hydrogens (tertiary/aromatic N) is 1. The van der Waals surface area contributed by atoms with E-state index in [0.717, 1.165) is 31.9 Å². The molecule has 0 aromatic heterocycles. The summed E-state index contributed by atoms with van der Waals surface area (Å²) in [5.41, 5.74) is -2.62. The average molecular weight is 512 g/mol. The summed E-state index contributed by atoms with van der Waals surface area (Å²) in [6.45, 7) is 6.00. The fourth-order valence-corrected chi connectivity index (χ4v) is 6.40. The van der Waals surface area contributed by atoms with Crippen LogP contribution in [0.25, 0.3) is 0 Å². The molecule has 3 rings (SSSR count). The molecule has 2 fully saturated rings. The summed E-state index contributed by atoms with van der Waals surface area (Å²) >= 11 is 0. The van der Waals surface area contributed by atoms with E-state index in [9.17, 15) is 22.8 Å². The molecule has 2 amide bonds. The van der Waals surface area contributed by atoms with E-state index in [-0.39, 0.29) is 30.6 Å². The van der Waals surface area contributed by atoms with Crippen LogP contribution >= 0.6 is 0 Å². The van der Waals surface area contributed by atoms with Crippen LogP contribution in [0.3, 0.4) is 0 Å². The molecule has 0 aromatic carbocycles. The predicted octanol–water partition coefficient (Wildman–Crippen LogP) is 1.78. The number of hydrogen-bond donors (Lipinski definition) is 2. The fraction of sp³-hybridized carbons (Fsp3) is 0.800. The quantitative estimate of drug-likeness (QED) is 0.552. The minimum atomic E-state index is -3.78. The Hall–Kier alpha value is -1.78. The lowest BCUT2D eigenvalue weighted by atomic mass is 9.71. The molecule has 1 saturated heterocycles. The van der Waals surface area contributed by atoms with E-state index in [2.05, 4.69) is 10.0 Å². The lowest BCUT2D eigenvalue weighted by Gasteiger charge is -2.39. The molecule has 10 heteroatoms. The van der Waals surface area contributed by atoms with Gasteiger partial charge in [-0.3, -0.25) is 19.1 Å². The molecule has 2 N–H and O–H groups in total. The molecule has 2 aliphatic heterocycles. The van der Waals surface area contributed by atoms with Crippen LogP contribution in [0.5, 0.6) is 0 Å². The summed E-state index contributed by atoms with van der Waals surface area (Å²) in [5, 5.41) is 3.13. The number of carbonyl (C=O) groups is 3. The number of hydrogen-bond acceptors (Lipinski definition) is 7. The maximum absolute atomic E-state index is 14.0. The standard InChI is InChI=1S/C25H41N3O6S/c1-23(2)20-19(29)15-25(22(31)27-35(6,32)33)14-17(25)12-10-8-7-9-11-13-18(26-4)21(30)28(20)16-24(23,3)34-5/h10,12,17-18,20,26H,7-9,11,13-16H2,1-6H3,(H,27,31)/b12-10-/t17-,18+,20-,24+,25-/m1/s1. The van der Waals surface area contributed by atoms with Gasteiger partial charge in [-0.25, -0.2) is 8.42 Å². The number of fused-ring (bicyclic) bond motifs is 2. The van der Waals surface area contributed by atoms with Crippen molar-refractivity contribution in [2.75, 3.05) is 27.0 Å². The molecule has 0 spiro atoms. The van der Waals surface area contributed by atoms with E-state index in [1.54, 1.807) is 19.1 Å². The molecule has 9 nitrogen and oxygen atoms in total. The Morgan fingerprint density at radius 3 is 2.46 bits per heavy atom. The minimum Gasteiger partial charge on any atom is -0.376 e. The van der Waals surface area contributed by atoms with Crippen LogP contribution in [0.4, 0.5) is 0 Å². The van der Waals surface area contributed by atoms with Crippen molar-refractivity contribution in [3.8, 4) is 0 Å². The number of ether oxygens (including phenoxy) is 1. The van der Waals surface area contributed by atoms with Gasteiger partial charge in [0.1, 0.15) is 0 Å². The van der Waals surface area contributed by atoms with Crippen molar-refractivity contribution in [3.63, 3.8) is 0 Å². The highest BCUT2D eigenvalue weighted by Crippen LogP contribution is 2.58. The van der Waals surface area contributed by atoms with Gasteiger partial charge in [0.25, 0.3) is 0 Å². The first-order valence-corrected chi connectivity index (χ1v) is 14.4. The first kappa shape index (κ1) is 27.8. The van der Waals surface area contributed by atoms with E-state index in [0.29, 0.717) is 12.8 Å². The van der Waals surface area contributed by atoms with Gasteiger partial charge in [0.05, 0.1) is 35.9 Å². The summed E-state index contributed by atoms with van der Waals surface area (Å²) in [4.78, 5) is 42.4. The Morgan fingerprint density at radius 2 is 1.86 bits per heavy atom. The van der Waals surface area contributed by atoms with Gasteiger partial charge in [0.2, 0.25) is 21.8 Å². The van der Waals surface area contributed by atoms with Crippen molar-refractivity contribution in [2.45, 2.75) is 83.4 Å². The minimum absolute atomic E-state index is 0.134. The van der Waals surface area contributed by atoms with Crippen LogP contribution in [0.15, 0.2) is 12.2 Å². The Morgan fingerprint density at radius 1 is 1.17 bits per heavy atom. The molecule has 0 radical (unpaired) electrons. The molecule has 2 heterocycles. The number of sulfonamides is 1. The molecule has 198 valence electrons. The molecule has 0 aromatic rings. The third kappa shape index (κ3) is 5.34. The van der Waals surface area contributed by atoms with E-state index in [1.165, 1.54) is 0 Å². The van der Waals surface area contributed by atoms with E-state index >= 15 is 0 Å². The molecular formula is C25H41N3O6S. The van der Waals surface area contributed by atoms with Crippen molar-refractivity contribution in [2.24, 2.45) is 16.7 Å². The lowest BCUT2D eigenvalue weighted by molar-refractivity contribution is -0.142. The van der Waals surface area contributed by atoms with Gasteiger partial charge in [-0.2, -0.15) is 0 Å². The Kier molecular flexibility index (Phi) is 7.89. The Balaban J connectivity index is 2.03. The highest BCUT2D eigenvalue weighted by atomic mass is 32.2. The zero-order chi connectivity index (χ0) is 26.2. The largest absolute Gasteiger partial charge is 0.376 e. The molecule has 3 aliphatic rings. The van der Waals surface area contributed by atoms with Crippen LogP contribution in [-0.4, -0.2) is 75.6 Å². The topological polar surface area (TPSA) is 122 Å². The van der Waals surface area contributed by atoms with Crippen molar-refractivity contribution in [1.29, 1.82) is 0 Å². The van der Waals surface area contributed by atoms with Crippen LogP contribution in [0.1, 0.15) is 65.7 Å². The van der Waals surface area contributed by atoms with E-state index in [1.807, 2.05) is 32.9 Å². The Bertz CT molecular complexity index is 993. The lowest BCUT2D eigenvalue weighted by Crippen LogP contribution is -2.53. The second kappa shape index (κ2) is 9.94. The first-order chi connectivity index (χ1) is 16.2. The van der Waals surface area contributed by atoms with Crippen LogP contribution < -0.4 is 10.0 Å². The number of Topliss-reactive ketones (excluding diaryl/α,β-unsaturated/α-hetero) is 1. The normalized spacial score (nSPS) is 37.0. The second-order valence-corrected chi connectivity index (χ2v) is 13.0. The molecule has 5 atom stereocenters. The molecule has 1 saturated carbocycles. The summed E-state index contributed by atoms with van der Waals surface area (Å²) in [7, 11) is -0.436. The summed E-state index contributed by atoms with van der Waals surface area (Å²) in [6.07, 6.45) is 9.48. The number of ketones is 1. The zero-order valence-corrected chi connectivity index (χ0v) is 22.7.